The van der Waals surface area contributed by atoms with Gasteiger partial charge in [-0.25, -0.2) is 9.18 Å². The first-order valence-corrected chi connectivity index (χ1v) is 7.79. The summed E-state index contributed by atoms with van der Waals surface area (Å²) in [6.07, 6.45) is 0. The summed E-state index contributed by atoms with van der Waals surface area (Å²) in [7, 11) is 0. The highest BCUT2D eigenvalue weighted by Gasteiger charge is 2.15. The fourth-order valence-corrected chi connectivity index (χ4v) is 2.24. The van der Waals surface area contributed by atoms with E-state index in [1.807, 2.05) is 37.3 Å². The molecule has 1 N–H and O–H groups in total. The number of hydrogen-bond donors (Lipinski definition) is 1. The molecule has 2 aromatic rings. The van der Waals surface area contributed by atoms with E-state index in [-0.39, 0.29) is 16.5 Å². The van der Waals surface area contributed by atoms with Crippen molar-refractivity contribution in [3.8, 4) is 0 Å². The molecule has 0 bridgehead atoms. The molecule has 2 aromatic carbocycles. The van der Waals surface area contributed by atoms with E-state index in [0.29, 0.717) is 6.54 Å². The molecule has 0 spiro atoms. The fraction of sp³-hybridized carbons (Fsp3) is 0.222. The van der Waals surface area contributed by atoms with Gasteiger partial charge in [-0.15, -0.1) is 0 Å². The number of benzene rings is 2. The molecule has 0 radical (unpaired) electrons. The number of halogens is 2. The number of ether oxygens (including phenoxy) is 1. The van der Waals surface area contributed by atoms with Gasteiger partial charge in [0.1, 0.15) is 5.82 Å². The fourth-order valence-electron chi connectivity index (χ4n) is 2.08. The maximum absolute atomic E-state index is 13.6. The molecule has 0 heterocycles. The van der Waals surface area contributed by atoms with Gasteiger partial charge in [-0.1, -0.05) is 48.9 Å². The van der Waals surface area contributed by atoms with Crippen molar-refractivity contribution in [2.45, 2.75) is 12.8 Å². The van der Waals surface area contributed by atoms with Gasteiger partial charge in [0.05, 0.1) is 5.56 Å². The monoisotopic (exact) mass is 349 g/mol. The summed E-state index contributed by atoms with van der Waals surface area (Å²) in [6, 6.07) is 13.3. The average molecular weight is 350 g/mol. The minimum Gasteiger partial charge on any atom is -0.452 e. The molecule has 6 heteroatoms. The van der Waals surface area contributed by atoms with E-state index < -0.39 is 24.3 Å². The van der Waals surface area contributed by atoms with Crippen LogP contribution in [0.1, 0.15) is 28.8 Å². The number of carbonyl (C=O) groups excluding carboxylic acids is 2. The molecule has 0 aliphatic rings. The maximum atomic E-state index is 13.6. The van der Waals surface area contributed by atoms with Gasteiger partial charge in [0.25, 0.3) is 5.91 Å². The molecule has 4 nitrogen and oxygen atoms in total. The summed E-state index contributed by atoms with van der Waals surface area (Å²) < 4.78 is 18.4. The van der Waals surface area contributed by atoms with Gasteiger partial charge in [-0.05, 0) is 29.7 Å². The smallest absolute Gasteiger partial charge is 0.341 e. The lowest BCUT2D eigenvalue weighted by Crippen LogP contribution is -2.31. The Morgan fingerprint density at radius 3 is 2.58 bits per heavy atom. The van der Waals surface area contributed by atoms with Crippen LogP contribution in [-0.4, -0.2) is 25.0 Å². The third kappa shape index (κ3) is 5.06. The lowest BCUT2D eigenvalue weighted by molar-refractivity contribution is -0.124. The molecule has 0 saturated heterocycles. The Morgan fingerprint density at radius 1 is 1.21 bits per heavy atom. The highest BCUT2D eigenvalue weighted by atomic mass is 35.5. The molecule has 24 heavy (non-hydrogen) atoms. The molecule has 0 saturated carbocycles. The van der Waals surface area contributed by atoms with Gasteiger partial charge in [-0.3, -0.25) is 4.79 Å². The Labute approximate surface area is 144 Å². The summed E-state index contributed by atoms with van der Waals surface area (Å²) >= 11 is 5.61. The van der Waals surface area contributed by atoms with E-state index >= 15 is 0 Å². The molecule has 0 aliphatic heterocycles. The normalized spacial score (nSPS) is 11.6. The molecule has 0 aromatic heterocycles. The number of nitrogens with one attached hydrogen (secondary N) is 1. The summed E-state index contributed by atoms with van der Waals surface area (Å²) in [5.74, 6) is -2.01. The minimum atomic E-state index is -0.907. The van der Waals surface area contributed by atoms with E-state index in [1.54, 1.807) is 0 Å². The van der Waals surface area contributed by atoms with Crippen molar-refractivity contribution < 1.29 is 18.7 Å². The number of hydrogen-bond acceptors (Lipinski definition) is 3. The average Bonchev–Trinajstić information content (AvgIpc) is 2.58. The predicted octanol–water partition coefficient (Wildman–Crippen LogP) is 3.56. The maximum Gasteiger partial charge on any atom is 0.341 e. The first-order valence-electron chi connectivity index (χ1n) is 7.41. The number of amides is 1. The first kappa shape index (κ1) is 17.9. The van der Waals surface area contributed by atoms with Crippen LogP contribution < -0.4 is 5.32 Å². The van der Waals surface area contributed by atoms with E-state index in [2.05, 4.69) is 5.32 Å². The summed E-state index contributed by atoms with van der Waals surface area (Å²) in [6.45, 7) is 1.92. The number of esters is 1. The van der Waals surface area contributed by atoms with Crippen molar-refractivity contribution in [3.05, 3.63) is 70.5 Å². The highest BCUT2D eigenvalue weighted by molar-refractivity contribution is 6.30. The van der Waals surface area contributed by atoms with Crippen LogP contribution in [0, 0.1) is 5.82 Å². The molecule has 126 valence electrons. The quantitative estimate of drug-likeness (QED) is 0.811. The van der Waals surface area contributed by atoms with Crippen LogP contribution in [0.2, 0.25) is 5.02 Å². The van der Waals surface area contributed by atoms with Crippen molar-refractivity contribution >= 4 is 23.5 Å². The molecule has 0 aliphatic carbocycles. The second-order valence-electron chi connectivity index (χ2n) is 5.32. The Morgan fingerprint density at radius 2 is 1.92 bits per heavy atom. The van der Waals surface area contributed by atoms with E-state index in [9.17, 15) is 14.0 Å². The number of carbonyl (C=O) groups is 2. The van der Waals surface area contributed by atoms with Crippen LogP contribution >= 0.6 is 11.6 Å². The van der Waals surface area contributed by atoms with Crippen molar-refractivity contribution in [3.63, 3.8) is 0 Å². The van der Waals surface area contributed by atoms with E-state index in [0.717, 1.165) is 11.6 Å². The van der Waals surface area contributed by atoms with Gasteiger partial charge in [-0.2, -0.15) is 0 Å². The first-order chi connectivity index (χ1) is 11.5. The minimum absolute atomic E-state index is 0.125. The van der Waals surface area contributed by atoms with E-state index in [1.165, 1.54) is 12.1 Å². The zero-order chi connectivity index (χ0) is 17.5. The third-order valence-corrected chi connectivity index (χ3v) is 3.69. The van der Waals surface area contributed by atoms with Crippen LogP contribution in [0.3, 0.4) is 0 Å². The molecule has 0 unspecified atom stereocenters. The van der Waals surface area contributed by atoms with Crippen LogP contribution in [0.15, 0.2) is 48.5 Å². The molecule has 1 amide bonds. The Hall–Kier alpha value is -2.40. The SMILES string of the molecule is C[C@H](CNC(=O)COC(=O)c1ccc(Cl)cc1F)c1ccccc1. The van der Waals surface area contributed by atoms with Crippen LogP contribution in [-0.2, 0) is 9.53 Å². The van der Waals surface area contributed by atoms with Crippen LogP contribution in [0.25, 0.3) is 0 Å². The molecule has 1 atom stereocenters. The summed E-state index contributed by atoms with van der Waals surface area (Å²) in [5.41, 5.74) is 0.836. The predicted molar refractivity (Wildman–Crippen MR) is 89.6 cm³/mol. The van der Waals surface area contributed by atoms with Gasteiger partial charge in [0, 0.05) is 11.6 Å². The summed E-state index contributed by atoms with van der Waals surface area (Å²) in [5, 5.41) is 2.86. The van der Waals surface area contributed by atoms with Gasteiger partial charge in [0.15, 0.2) is 6.61 Å². The zero-order valence-electron chi connectivity index (χ0n) is 13.1. The Kier molecular flexibility index (Phi) is 6.32. The lowest BCUT2D eigenvalue weighted by Gasteiger charge is -2.13. The number of rotatable bonds is 6. The highest BCUT2D eigenvalue weighted by Crippen LogP contribution is 2.15. The van der Waals surface area contributed by atoms with Gasteiger partial charge in [0.2, 0.25) is 0 Å². The standard InChI is InChI=1S/C18H17ClFNO3/c1-12(13-5-3-2-4-6-13)10-21-17(22)11-24-18(23)15-8-7-14(19)9-16(15)20/h2-9,12H,10-11H2,1H3,(H,21,22)/t12-/m1/s1. The molecule has 2 rings (SSSR count). The second kappa shape index (κ2) is 8.45. The van der Waals surface area contributed by atoms with Crippen LogP contribution in [0.5, 0.6) is 0 Å². The summed E-state index contributed by atoms with van der Waals surface area (Å²) in [4.78, 5) is 23.5. The largest absolute Gasteiger partial charge is 0.452 e. The van der Waals surface area contributed by atoms with Crippen molar-refractivity contribution in [1.29, 1.82) is 0 Å². The molecular weight excluding hydrogens is 333 g/mol. The van der Waals surface area contributed by atoms with E-state index in [4.69, 9.17) is 16.3 Å². The van der Waals surface area contributed by atoms with Crippen molar-refractivity contribution in [2.24, 2.45) is 0 Å². The van der Waals surface area contributed by atoms with Crippen molar-refractivity contribution in [2.75, 3.05) is 13.2 Å². The third-order valence-electron chi connectivity index (χ3n) is 3.46. The zero-order valence-corrected chi connectivity index (χ0v) is 13.8. The second-order valence-corrected chi connectivity index (χ2v) is 5.75. The Bertz CT molecular complexity index is 721. The van der Waals surface area contributed by atoms with Crippen LogP contribution in [0.4, 0.5) is 4.39 Å². The topological polar surface area (TPSA) is 55.4 Å². The van der Waals surface area contributed by atoms with Crippen molar-refractivity contribution in [1.82, 2.24) is 5.32 Å². The van der Waals surface area contributed by atoms with Gasteiger partial charge < -0.3 is 10.1 Å². The lowest BCUT2D eigenvalue weighted by atomic mass is 10.0. The molecule has 0 fully saturated rings. The van der Waals surface area contributed by atoms with Gasteiger partial charge >= 0.3 is 5.97 Å². The molecular formula is C18H17ClFNO3. The Balaban J connectivity index is 1.79.